The molecule has 0 bridgehead atoms. The Bertz CT molecular complexity index is 594. The summed E-state index contributed by atoms with van der Waals surface area (Å²) in [5.74, 6) is 0.392. The van der Waals surface area contributed by atoms with Gasteiger partial charge in [-0.25, -0.2) is 0 Å². The third kappa shape index (κ3) is 2.43. The maximum atomic E-state index is 11.3. The highest BCUT2D eigenvalue weighted by atomic mass is 16.5. The highest BCUT2D eigenvalue weighted by molar-refractivity contribution is 5.95. The molecular formula is C14H14N2O2. The number of aryl methyl sites for hydroxylation is 1. The molecule has 0 fully saturated rings. The van der Waals surface area contributed by atoms with Crippen LogP contribution in [0.1, 0.15) is 15.9 Å². The maximum Gasteiger partial charge on any atom is 0.252 e. The lowest BCUT2D eigenvalue weighted by molar-refractivity contribution is 0.0998. The normalized spacial score (nSPS) is 10.1. The first-order chi connectivity index (χ1) is 8.58. The summed E-state index contributed by atoms with van der Waals surface area (Å²) in [6.07, 6.45) is 0. The molecule has 4 heteroatoms. The lowest BCUT2D eigenvalue weighted by Gasteiger charge is -2.11. The van der Waals surface area contributed by atoms with Gasteiger partial charge in [0.2, 0.25) is 0 Å². The fraction of sp³-hybridized carbons (Fsp3) is 0.0714. The lowest BCUT2D eigenvalue weighted by atomic mass is 10.2. The van der Waals surface area contributed by atoms with Crippen molar-refractivity contribution < 1.29 is 9.53 Å². The smallest absolute Gasteiger partial charge is 0.252 e. The van der Waals surface area contributed by atoms with Crippen LogP contribution in [0.3, 0.4) is 0 Å². The molecule has 0 aliphatic heterocycles. The van der Waals surface area contributed by atoms with Crippen molar-refractivity contribution in [1.29, 1.82) is 0 Å². The van der Waals surface area contributed by atoms with Crippen LogP contribution >= 0.6 is 0 Å². The molecule has 18 heavy (non-hydrogen) atoms. The van der Waals surface area contributed by atoms with Gasteiger partial charge in [0.05, 0.1) is 11.3 Å². The summed E-state index contributed by atoms with van der Waals surface area (Å²) < 4.78 is 5.66. The minimum Gasteiger partial charge on any atom is -0.454 e. The monoisotopic (exact) mass is 242 g/mol. The number of primary amides is 1. The minimum atomic E-state index is -0.531. The van der Waals surface area contributed by atoms with Crippen LogP contribution in [0.5, 0.6) is 11.5 Å². The van der Waals surface area contributed by atoms with Crippen LogP contribution < -0.4 is 16.2 Å². The Hall–Kier alpha value is -2.49. The zero-order valence-corrected chi connectivity index (χ0v) is 10.0. The van der Waals surface area contributed by atoms with Crippen molar-refractivity contribution in [2.45, 2.75) is 6.92 Å². The Morgan fingerprint density at radius 1 is 1.11 bits per heavy atom. The molecule has 0 saturated carbocycles. The van der Waals surface area contributed by atoms with Gasteiger partial charge in [-0.2, -0.15) is 0 Å². The Balaban J connectivity index is 2.40. The number of para-hydroxylation sites is 1. The van der Waals surface area contributed by atoms with Gasteiger partial charge in [0.15, 0.2) is 5.75 Å². The summed E-state index contributed by atoms with van der Waals surface area (Å²) >= 11 is 0. The lowest BCUT2D eigenvalue weighted by Crippen LogP contribution is -2.12. The summed E-state index contributed by atoms with van der Waals surface area (Å²) in [4.78, 5) is 11.3. The molecule has 0 heterocycles. The number of hydrogen-bond donors (Lipinski definition) is 2. The number of nitrogens with two attached hydrogens (primary N) is 2. The van der Waals surface area contributed by atoms with Crippen LogP contribution in [-0.2, 0) is 0 Å². The van der Waals surface area contributed by atoms with Crippen molar-refractivity contribution in [3.8, 4) is 11.5 Å². The molecule has 2 aromatic rings. The van der Waals surface area contributed by atoms with E-state index in [0.29, 0.717) is 22.7 Å². The van der Waals surface area contributed by atoms with Crippen molar-refractivity contribution in [2.75, 3.05) is 5.73 Å². The predicted octanol–water partition coefficient (Wildman–Crippen LogP) is 2.47. The molecular weight excluding hydrogens is 228 g/mol. The van der Waals surface area contributed by atoms with Gasteiger partial charge in [-0.05, 0) is 36.8 Å². The van der Waals surface area contributed by atoms with E-state index in [1.54, 1.807) is 30.3 Å². The van der Waals surface area contributed by atoms with E-state index in [4.69, 9.17) is 16.2 Å². The average molecular weight is 242 g/mol. The molecule has 2 aromatic carbocycles. The number of amides is 1. The van der Waals surface area contributed by atoms with Gasteiger partial charge in [0.1, 0.15) is 5.75 Å². The molecule has 2 rings (SSSR count). The first-order valence-electron chi connectivity index (χ1n) is 5.51. The Morgan fingerprint density at radius 2 is 1.83 bits per heavy atom. The second-order valence-corrected chi connectivity index (χ2v) is 4.00. The summed E-state index contributed by atoms with van der Waals surface area (Å²) in [7, 11) is 0. The van der Waals surface area contributed by atoms with Gasteiger partial charge in [0, 0.05) is 0 Å². The number of rotatable bonds is 3. The highest BCUT2D eigenvalue weighted by Crippen LogP contribution is 2.30. The molecule has 0 aliphatic carbocycles. The Kier molecular flexibility index (Phi) is 3.19. The molecule has 92 valence electrons. The molecule has 0 aliphatic rings. The van der Waals surface area contributed by atoms with Crippen LogP contribution in [0, 0.1) is 6.92 Å². The van der Waals surface area contributed by atoms with E-state index in [1.807, 2.05) is 19.1 Å². The van der Waals surface area contributed by atoms with Gasteiger partial charge in [-0.15, -0.1) is 0 Å². The van der Waals surface area contributed by atoms with Crippen molar-refractivity contribution in [3.63, 3.8) is 0 Å². The van der Waals surface area contributed by atoms with Crippen LogP contribution in [0.2, 0.25) is 0 Å². The Morgan fingerprint density at radius 3 is 2.56 bits per heavy atom. The largest absolute Gasteiger partial charge is 0.454 e. The Labute approximate surface area is 105 Å². The summed E-state index contributed by atoms with van der Waals surface area (Å²) in [6.45, 7) is 1.94. The molecule has 0 atom stereocenters. The fourth-order valence-corrected chi connectivity index (χ4v) is 1.61. The van der Waals surface area contributed by atoms with E-state index < -0.39 is 5.91 Å². The maximum absolute atomic E-state index is 11.3. The molecule has 0 radical (unpaired) electrons. The van der Waals surface area contributed by atoms with Crippen molar-refractivity contribution >= 4 is 11.6 Å². The summed E-state index contributed by atoms with van der Waals surface area (Å²) in [5.41, 5.74) is 13.0. The van der Waals surface area contributed by atoms with Crippen LogP contribution in [0.4, 0.5) is 5.69 Å². The van der Waals surface area contributed by atoms with Gasteiger partial charge < -0.3 is 16.2 Å². The van der Waals surface area contributed by atoms with E-state index >= 15 is 0 Å². The number of ether oxygens (including phenoxy) is 1. The molecule has 0 unspecified atom stereocenters. The molecule has 1 amide bonds. The fourth-order valence-electron chi connectivity index (χ4n) is 1.61. The van der Waals surface area contributed by atoms with E-state index in [9.17, 15) is 4.79 Å². The SMILES string of the molecule is Cc1ccc(N)c(Oc2ccccc2C(N)=O)c1. The first kappa shape index (κ1) is 12.0. The number of carbonyl (C=O) groups excluding carboxylic acids is 1. The van der Waals surface area contributed by atoms with E-state index in [0.717, 1.165) is 5.56 Å². The van der Waals surface area contributed by atoms with Crippen LogP contribution in [-0.4, -0.2) is 5.91 Å². The number of nitrogen functional groups attached to an aromatic ring is 1. The molecule has 0 aromatic heterocycles. The van der Waals surface area contributed by atoms with Crippen LogP contribution in [0.15, 0.2) is 42.5 Å². The average Bonchev–Trinajstić information content (AvgIpc) is 2.34. The van der Waals surface area contributed by atoms with E-state index in [2.05, 4.69) is 0 Å². The van der Waals surface area contributed by atoms with Gasteiger partial charge in [0.25, 0.3) is 5.91 Å². The second kappa shape index (κ2) is 4.79. The van der Waals surface area contributed by atoms with Crippen molar-refractivity contribution in [1.82, 2.24) is 0 Å². The predicted molar refractivity (Wildman–Crippen MR) is 70.6 cm³/mol. The molecule has 4 N–H and O–H groups in total. The number of hydrogen-bond acceptors (Lipinski definition) is 3. The number of anilines is 1. The number of benzene rings is 2. The second-order valence-electron chi connectivity index (χ2n) is 4.00. The van der Waals surface area contributed by atoms with E-state index in [1.165, 1.54) is 0 Å². The van der Waals surface area contributed by atoms with Crippen molar-refractivity contribution in [2.24, 2.45) is 5.73 Å². The first-order valence-corrected chi connectivity index (χ1v) is 5.51. The highest BCUT2D eigenvalue weighted by Gasteiger charge is 2.10. The van der Waals surface area contributed by atoms with Crippen LogP contribution in [0.25, 0.3) is 0 Å². The number of carbonyl (C=O) groups is 1. The zero-order valence-electron chi connectivity index (χ0n) is 10.0. The summed E-state index contributed by atoms with van der Waals surface area (Å²) in [5, 5.41) is 0. The standard InChI is InChI=1S/C14H14N2O2/c1-9-6-7-11(15)13(8-9)18-12-5-3-2-4-10(12)14(16)17/h2-8H,15H2,1H3,(H2,16,17). The third-order valence-electron chi connectivity index (χ3n) is 2.54. The zero-order chi connectivity index (χ0) is 13.1. The third-order valence-corrected chi connectivity index (χ3v) is 2.54. The molecule has 0 saturated heterocycles. The molecule has 0 spiro atoms. The topological polar surface area (TPSA) is 78.3 Å². The van der Waals surface area contributed by atoms with Gasteiger partial charge >= 0.3 is 0 Å². The minimum absolute atomic E-state index is 0.332. The van der Waals surface area contributed by atoms with Gasteiger partial charge in [-0.3, -0.25) is 4.79 Å². The molecule has 4 nitrogen and oxygen atoms in total. The van der Waals surface area contributed by atoms with Crippen molar-refractivity contribution in [3.05, 3.63) is 53.6 Å². The van der Waals surface area contributed by atoms with Gasteiger partial charge in [-0.1, -0.05) is 18.2 Å². The van der Waals surface area contributed by atoms with E-state index in [-0.39, 0.29) is 0 Å². The quantitative estimate of drug-likeness (QED) is 0.811. The summed E-state index contributed by atoms with van der Waals surface area (Å²) in [6, 6.07) is 12.3.